The van der Waals surface area contributed by atoms with Crippen molar-refractivity contribution in [3.63, 3.8) is 0 Å². The van der Waals surface area contributed by atoms with Crippen molar-refractivity contribution in [1.29, 1.82) is 0 Å². The van der Waals surface area contributed by atoms with Gasteiger partial charge in [-0.2, -0.15) is 16.8 Å². The van der Waals surface area contributed by atoms with Gasteiger partial charge < -0.3 is 60.4 Å². The van der Waals surface area contributed by atoms with Crippen LogP contribution in [0.15, 0.2) is 187 Å². The van der Waals surface area contributed by atoms with Crippen LogP contribution >= 0.6 is 0 Å². The molecule has 0 spiro atoms. The van der Waals surface area contributed by atoms with Crippen molar-refractivity contribution in [1.82, 2.24) is 24.3 Å². The number of hydrogen-bond acceptors (Lipinski definition) is 22. The summed E-state index contributed by atoms with van der Waals surface area (Å²) in [5, 5.41) is 35.8. The summed E-state index contributed by atoms with van der Waals surface area (Å²) in [7, 11) is -8.46. The van der Waals surface area contributed by atoms with E-state index in [4.69, 9.17) is 24.5 Å². The monoisotopic (exact) mass is 1580 g/mol. The van der Waals surface area contributed by atoms with E-state index in [1.807, 2.05) is 43.3 Å². The SMILES string of the molecule is CCCCNc1cc(C(=O)n2ccnc2)cc(S(N)(=O)=O)c1Oc1ccccc1.CCCCNc1cc(CN2CCCC2)cc(S(N)(=O)=O)c1Oc1ccccc1.CCCCNc1cc(CO)cc(S(=O)(=O)N=CN(C)C)c1Oc1ccccc1.COC(=O)c1cc2c(c(S(=O)(=O)N=CN(C)C)c1)N[C@@H](C)C(=O)N2. The number of ether oxygens (including phenoxy) is 4. The molecule has 34 heteroatoms. The van der Waals surface area contributed by atoms with Crippen molar-refractivity contribution in [2.24, 2.45) is 19.1 Å². The second-order valence-electron chi connectivity index (χ2n) is 25.4. The number of nitrogens with two attached hydrogens (primary N) is 2. The van der Waals surface area contributed by atoms with E-state index in [0.29, 0.717) is 59.5 Å². The summed E-state index contributed by atoms with van der Waals surface area (Å²) in [4.78, 5) is 45.0. The minimum atomic E-state index is -4.17. The number of nitrogens with zero attached hydrogens (tertiary/aromatic N) is 7. The van der Waals surface area contributed by atoms with E-state index in [1.54, 1.807) is 114 Å². The number of unbranched alkanes of at least 4 members (excludes halogenated alkanes) is 3. The quantitative estimate of drug-likeness (QED) is 0.00866. The number of rotatable bonds is 31. The molecule has 109 heavy (non-hydrogen) atoms. The van der Waals surface area contributed by atoms with E-state index < -0.39 is 58.0 Å². The number of carbonyl (C=O) groups is 3. The Balaban J connectivity index is 0.000000203. The Kier molecular flexibility index (Phi) is 32.0. The molecule has 1 aromatic heterocycles. The first-order valence-electron chi connectivity index (χ1n) is 35.0. The molecule has 3 heterocycles. The van der Waals surface area contributed by atoms with Crippen LogP contribution in [0.5, 0.6) is 34.5 Å². The van der Waals surface area contributed by atoms with Crippen LogP contribution < -0.4 is 51.1 Å². The van der Waals surface area contributed by atoms with Gasteiger partial charge in [0.25, 0.3) is 26.0 Å². The minimum Gasteiger partial charge on any atom is -0.465 e. The maximum absolute atomic E-state index is 12.9. The van der Waals surface area contributed by atoms with Gasteiger partial charge in [0.15, 0.2) is 17.2 Å². The molecule has 0 saturated carbocycles. The van der Waals surface area contributed by atoms with Gasteiger partial charge in [0, 0.05) is 72.3 Å². The number of sulfonamides is 4. The number of aliphatic hydroxyl groups excluding tert-OH is 1. The van der Waals surface area contributed by atoms with Crippen LogP contribution in [-0.2, 0) is 62.8 Å². The fraction of sp³-hybridized carbons (Fsp3) is 0.333. The Morgan fingerprint density at radius 1 is 0.606 bits per heavy atom. The van der Waals surface area contributed by atoms with E-state index >= 15 is 0 Å². The number of amides is 1. The Hall–Kier alpha value is -10.5. The zero-order chi connectivity index (χ0) is 79.5. The van der Waals surface area contributed by atoms with Crippen molar-refractivity contribution < 1.29 is 72.1 Å². The molecule has 10 rings (SSSR count). The number of benzene rings is 7. The third-order valence-corrected chi connectivity index (χ3v) is 20.3. The first kappa shape index (κ1) is 85.8. The fourth-order valence-electron chi connectivity index (χ4n) is 10.5. The van der Waals surface area contributed by atoms with Crippen molar-refractivity contribution >= 4 is 99.0 Å². The lowest BCUT2D eigenvalue weighted by molar-refractivity contribution is -0.116. The molecule has 0 aliphatic carbocycles. The Bertz CT molecular complexity index is 4900. The van der Waals surface area contributed by atoms with Gasteiger partial charge >= 0.3 is 5.97 Å². The normalized spacial score (nSPS) is 13.5. The van der Waals surface area contributed by atoms with Gasteiger partial charge in [0.2, 0.25) is 26.0 Å². The van der Waals surface area contributed by atoms with Crippen molar-refractivity contribution in [2.75, 3.05) is 94.6 Å². The molecule has 2 aliphatic rings. The molecule has 1 fully saturated rings. The van der Waals surface area contributed by atoms with E-state index in [1.165, 1.54) is 83.6 Å². The van der Waals surface area contributed by atoms with Gasteiger partial charge in [-0.1, -0.05) is 94.6 Å². The zero-order valence-electron chi connectivity index (χ0n) is 62.3. The highest BCUT2D eigenvalue weighted by atomic mass is 32.2. The van der Waals surface area contributed by atoms with Gasteiger partial charge in [0.1, 0.15) is 61.9 Å². The molecule has 0 radical (unpaired) electrons. The highest BCUT2D eigenvalue weighted by molar-refractivity contribution is 7.91. The van der Waals surface area contributed by atoms with Crippen molar-refractivity contribution in [3.05, 3.63) is 181 Å². The lowest BCUT2D eigenvalue weighted by Gasteiger charge is -2.26. The minimum absolute atomic E-state index is 0.00784. The number of aliphatic hydroxyl groups is 1. The molecule has 30 nitrogen and oxygen atoms in total. The average molecular weight is 1580 g/mol. The molecule has 0 unspecified atom stereocenters. The van der Waals surface area contributed by atoms with E-state index in [2.05, 4.69) is 63.8 Å². The number of imidazole rings is 1. The number of primary sulfonamides is 2. The van der Waals surface area contributed by atoms with E-state index in [9.17, 15) is 53.2 Å². The second-order valence-corrected chi connectivity index (χ2v) is 31.7. The van der Waals surface area contributed by atoms with Crippen LogP contribution in [-0.4, -0.2) is 168 Å². The first-order chi connectivity index (χ1) is 51.9. The summed E-state index contributed by atoms with van der Waals surface area (Å²) in [6, 6.07) is 38.3. The number of nitrogens with one attached hydrogen (secondary N) is 5. The van der Waals surface area contributed by atoms with Crippen molar-refractivity contribution in [2.45, 2.75) is 118 Å². The summed E-state index contributed by atoms with van der Waals surface area (Å²) in [5.74, 6) is 0.497. The maximum Gasteiger partial charge on any atom is 0.337 e. The van der Waals surface area contributed by atoms with Crippen LogP contribution in [0.2, 0.25) is 0 Å². The maximum atomic E-state index is 12.9. The molecule has 1 amide bonds. The summed E-state index contributed by atoms with van der Waals surface area (Å²) >= 11 is 0. The molecular weight excluding hydrogens is 1480 g/mol. The lowest BCUT2D eigenvalue weighted by atomic mass is 10.1. The molecule has 10 N–H and O–H groups in total. The molecular formula is C75H96N14O16S4. The summed E-state index contributed by atoms with van der Waals surface area (Å²) in [6.45, 7) is 12.2. The number of anilines is 5. The van der Waals surface area contributed by atoms with Crippen molar-refractivity contribution in [3.8, 4) is 34.5 Å². The molecule has 2 aliphatic heterocycles. The smallest absolute Gasteiger partial charge is 0.337 e. The number of aromatic nitrogens is 2. The topological polar surface area (TPSA) is 409 Å². The number of likely N-dealkylation sites (tertiary alicyclic amines) is 1. The molecule has 7 aromatic carbocycles. The third kappa shape index (κ3) is 25.6. The highest BCUT2D eigenvalue weighted by Crippen LogP contribution is 2.42. The van der Waals surface area contributed by atoms with Crippen LogP contribution in [0.3, 0.4) is 0 Å². The number of para-hydroxylation sites is 3. The highest BCUT2D eigenvalue weighted by Gasteiger charge is 2.32. The molecule has 0 bridgehead atoms. The Morgan fingerprint density at radius 2 is 1.04 bits per heavy atom. The number of carbonyl (C=O) groups excluding carboxylic acids is 3. The van der Waals surface area contributed by atoms with Crippen LogP contribution in [0.25, 0.3) is 0 Å². The van der Waals surface area contributed by atoms with Crippen LogP contribution in [0.1, 0.15) is 111 Å². The largest absolute Gasteiger partial charge is 0.465 e. The summed E-state index contributed by atoms with van der Waals surface area (Å²) in [6.07, 6.45) is 14.7. The third-order valence-electron chi connectivity index (χ3n) is 16.0. The number of hydrogen-bond donors (Lipinski definition) is 8. The lowest BCUT2D eigenvalue weighted by Crippen LogP contribution is -2.37. The van der Waals surface area contributed by atoms with Gasteiger partial charge in [0.05, 0.1) is 47.7 Å². The van der Waals surface area contributed by atoms with E-state index in [-0.39, 0.29) is 71.8 Å². The Morgan fingerprint density at radius 3 is 1.47 bits per heavy atom. The van der Waals surface area contributed by atoms with Crippen LogP contribution in [0, 0.1) is 0 Å². The standard InChI is InChI=1S/C21H29N3O3S.C20H22N4O4S.C20H27N3O4S.C14H18N4O5S/c1-2-3-11-23-19-14-17(16-24-12-7-8-13-24)15-20(28(22,25)26)21(19)27-18-9-5-4-6-10-18;1-2-3-9-23-17-12-15(20(25)24-11-10-22-14-24)13-18(29(21,26)27)19(17)28-16-7-5-4-6-8-16;1-4-5-11-21-18-12-16(14-24)13-19(28(25,26)22-15-23(2)3)20(18)27-17-9-7-6-8-10-17;1-8-13(19)17-10-5-9(14(20)23-4)6-11(12(10)16-8)24(21,22)15-7-18(2)3/h4-6,9-10,14-15,23H,2-3,7-8,11-13,16H2,1H3,(H2,22,25,26);4-8,10-14,23H,2-3,9H2,1H3,(H2,21,26,27);6-10,12-13,15,21,24H,4-5,11,14H2,1-3H3;5-8,16H,1-4H3,(H,17,19)/t;;;8-/m...0/s1. The van der Waals surface area contributed by atoms with Gasteiger partial charge in [-0.05, 0) is 148 Å². The van der Waals surface area contributed by atoms with Gasteiger partial charge in [-0.15, -0.1) is 8.80 Å². The number of esters is 1. The predicted octanol–water partition coefficient (Wildman–Crippen LogP) is 11.1. The Labute approximate surface area is 638 Å². The molecule has 1 atom stereocenters. The molecule has 586 valence electrons. The average Bonchev–Trinajstić information content (AvgIpc) is 1.06. The van der Waals surface area contributed by atoms with E-state index in [0.717, 1.165) is 70.1 Å². The fourth-order valence-corrected chi connectivity index (χ4v) is 14.2. The predicted molar refractivity (Wildman–Crippen MR) is 422 cm³/mol. The molecule has 1 saturated heterocycles. The summed E-state index contributed by atoms with van der Waals surface area (Å²) in [5.41, 5.74) is 3.42. The second kappa shape index (κ2) is 40.7. The number of methoxy groups -OCH3 is 1. The molecule has 8 aromatic rings. The first-order valence-corrected chi connectivity index (χ1v) is 41.0. The zero-order valence-corrected chi connectivity index (χ0v) is 65.6. The van der Waals surface area contributed by atoms with Gasteiger partial charge in [-0.3, -0.25) is 19.1 Å². The summed E-state index contributed by atoms with van der Waals surface area (Å²) < 4.78 is 131. The van der Waals surface area contributed by atoms with Gasteiger partial charge in [-0.25, -0.2) is 36.9 Å². The number of fused-ring (bicyclic) bond motifs is 1. The van der Waals surface area contributed by atoms with Crippen LogP contribution in [0.4, 0.5) is 28.4 Å².